The zero-order chi connectivity index (χ0) is 22.7. The van der Waals surface area contributed by atoms with Gasteiger partial charge >= 0.3 is 0 Å². The van der Waals surface area contributed by atoms with Crippen LogP contribution in [0.4, 0.5) is 0 Å². The van der Waals surface area contributed by atoms with E-state index in [0.717, 1.165) is 6.08 Å². The van der Waals surface area contributed by atoms with Crippen LogP contribution in [0.5, 0.6) is 0 Å². The highest BCUT2D eigenvalue weighted by molar-refractivity contribution is 5.95. The Bertz CT molecular complexity index is 844. The highest BCUT2D eigenvalue weighted by Crippen LogP contribution is 2.38. The van der Waals surface area contributed by atoms with Crippen molar-refractivity contribution in [3.63, 3.8) is 0 Å². The number of hydrogen-bond donors (Lipinski definition) is 4. The molecule has 8 atom stereocenters. The highest BCUT2D eigenvalue weighted by Gasteiger charge is 2.48. The van der Waals surface area contributed by atoms with Gasteiger partial charge in [-0.2, -0.15) is 5.26 Å². The quantitative estimate of drug-likeness (QED) is 0.274. The predicted octanol–water partition coefficient (Wildman–Crippen LogP) is 1.33. The van der Waals surface area contributed by atoms with Gasteiger partial charge in [0, 0.05) is 29.9 Å². The van der Waals surface area contributed by atoms with Gasteiger partial charge in [0.15, 0.2) is 5.78 Å². The standard InChI is InChI=1S/C23H29NO7/c1-12(13(2)25)23-20(31-23)7-16-11-30-19(22(29)21(16)28)9-17(26)8-18(27)15-5-3-14(10-24)4-6-15/h3-6,8,12-13,16,19-23,25,27-29H,7,9,11H2,1-2H3/b18-8-/t12-,13-,16-,19-,20-,21+,22-,23-/m0/s1. The molecule has 0 radical (unpaired) electrons. The summed E-state index contributed by atoms with van der Waals surface area (Å²) < 4.78 is 11.3. The van der Waals surface area contributed by atoms with Gasteiger partial charge in [0.25, 0.3) is 0 Å². The summed E-state index contributed by atoms with van der Waals surface area (Å²) in [6.45, 7) is 3.79. The summed E-state index contributed by atoms with van der Waals surface area (Å²) in [5.41, 5.74) is 0.830. The van der Waals surface area contributed by atoms with Crippen molar-refractivity contribution in [1.82, 2.24) is 0 Å². The number of aliphatic hydroxyl groups excluding tert-OH is 4. The molecule has 3 rings (SSSR count). The van der Waals surface area contributed by atoms with E-state index in [9.17, 15) is 25.2 Å². The minimum atomic E-state index is -1.24. The van der Waals surface area contributed by atoms with Gasteiger partial charge in [-0.05, 0) is 37.6 Å². The molecule has 0 unspecified atom stereocenters. The molecule has 1 aromatic rings. The number of nitriles is 1. The van der Waals surface area contributed by atoms with E-state index in [-0.39, 0.29) is 42.8 Å². The molecule has 2 aliphatic heterocycles. The van der Waals surface area contributed by atoms with Gasteiger partial charge in [-0.15, -0.1) is 0 Å². The maximum atomic E-state index is 12.3. The van der Waals surface area contributed by atoms with Crippen LogP contribution in [0.1, 0.15) is 37.8 Å². The van der Waals surface area contributed by atoms with Crippen LogP contribution < -0.4 is 0 Å². The summed E-state index contributed by atoms with van der Waals surface area (Å²) in [5.74, 6) is -1.05. The van der Waals surface area contributed by atoms with Gasteiger partial charge < -0.3 is 29.9 Å². The van der Waals surface area contributed by atoms with E-state index >= 15 is 0 Å². The van der Waals surface area contributed by atoms with Crippen LogP contribution in [0.2, 0.25) is 0 Å². The number of carbonyl (C=O) groups excluding carboxylic acids is 1. The third-order valence-electron chi connectivity index (χ3n) is 6.18. The Morgan fingerprint density at radius 2 is 1.90 bits per heavy atom. The summed E-state index contributed by atoms with van der Waals surface area (Å²) in [6.07, 6.45) is -2.46. The molecule has 2 saturated heterocycles. The Hall–Kier alpha value is -2.28. The number of epoxide rings is 1. The molecule has 0 aromatic heterocycles. The molecule has 4 N–H and O–H groups in total. The van der Waals surface area contributed by atoms with Crippen molar-refractivity contribution in [2.75, 3.05) is 6.61 Å². The molecule has 0 spiro atoms. The molecule has 168 valence electrons. The third kappa shape index (κ3) is 5.70. The number of allylic oxidation sites excluding steroid dienone is 1. The van der Waals surface area contributed by atoms with Crippen molar-refractivity contribution >= 4 is 11.5 Å². The van der Waals surface area contributed by atoms with Crippen molar-refractivity contribution < 1.29 is 34.7 Å². The summed E-state index contributed by atoms with van der Waals surface area (Å²) in [7, 11) is 0. The van der Waals surface area contributed by atoms with E-state index in [4.69, 9.17) is 14.7 Å². The Labute approximate surface area is 181 Å². The van der Waals surface area contributed by atoms with Gasteiger partial charge in [0.05, 0.1) is 48.8 Å². The lowest BCUT2D eigenvalue weighted by Gasteiger charge is -2.37. The van der Waals surface area contributed by atoms with Crippen LogP contribution in [-0.2, 0) is 14.3 Å². The van der Waals surface area contributed by atoms with Crippen LogP contribution >= 0.6 is 0 Å². The third-order valence-corrected chi connectivity index (χ3v) is 6.18. The van der Waals surface area contributed by atoms with Crippen LogP contribution in [0, 0.1) is 23.2 Å². The van der Waals surface area contributed by atoms with Crippen LogP contribution in [-0.4, -0.2) is 69.4 Å². The molecular weight excluding hydrogens is 402 g/mol. The van der Waals surface area contributed by atoms with E-state index in [1.807, 2.05) is 13.0 Å². The largest absolute Gasteiger partial charge is 0.507 e. The molecule has 0 amide bonds. The minimum Gasteiger partial charge on any atom is -0.507 e. The molecule has 2 fully saturated rings. The van der Waals surface area contributed by atoms with Crippen LogP contribution in [0.3, 0.4) is 0 Å². The Morgan fingerprint density at radius 1 is 1.23 bits per heavy atom. The Morgan fingerprint density at radius 3 is 2.52 bits per heavy atom. The monoisotopic (exact) mass is 431 g/mol. The van der Waals surface area contributed by atoms with Gasteiger partial charge in [-0.25, -0.2) is 0 Å². The summed E-state index contributed by atoms with van der Waals surface area (Å²) in [6, 6.07) is 8.10. The first-order chi connectivity index (χ1) is 14.7. The topological polar surface area (TPSA) is 144 Å². The number of ketones is 1. The summed E-state index contributed by atoms with van der Waals surface area (Å²) >= 11 is 0. The fraction of sp³-hybridized carbons (Fsp3) is 0.565. The second kappa shape index (κ2) is 9.90. The average Bonchev–Trinajstić information content (AvgIpc) is 3.51. The van der Waals surface area contributed by atoms with E-state index in [0.29, 0.717) is 17.5 Å². The predicted molar refractivity (Wildman–Crippen MR) is 111 cm³/mol. The van der Waals surface area contributed by atoms with Crippen LogP contribution in [0.15, 0.2) is 30.3 Å². The second-order valence-electron chi connectivity index (χ2n) is 8.48. The minimum absolute atomic E-state index is 0.0162. The number of ether oxygens (including phenoxy) is 2. The first kappa shape index (κ1) is 23.4. The zero-order valence-electron chi connectivity index (χ0n) is 17.6. The second-order valence-corrected chi connectivity index (χ2v) is 8.48. The number of hydrogen-bond acceptors (Lipinski definition) is 8. The summed E-state index contributed by atoms with van der Waals surface area (Å²) in [5, 5.41) is 49.6. The number of aliphatic hydroxyl groups is 4. The molecule has 8 nitrogen and oxygen atoms in total. The molecule has 1 aromatic carbocycles. The summed E-state index contributed by atoms with van der Waals surface area (Å²) in [4.78, 5) is 12.3. The van der Waals surface area contributed by atoms with Crippen LogP contribution in [0.25, 0.3) is 5.76 Å². The molecule has 31 heavy (non-hydrogen) atoms. The van der Waals surface area contributed by atoms with Gasteiger partial charge in [0.1, 0.15) is 11.9 Å². The fourth-order valence-corrected chi connectivity index (χ4v) is 3.92. The molecule has 2 heterocycles. The van der Waals surface area contributed by atoms with Gasteiger partial charge in [-0.1, -0.05) is 6.92 Å². The molecule has 8 heteroatoms. The SMILES string of the molecule is C[C@H]([C@@H]1O[C@H]1C[C@H]1CO[C@@H](CC(=O)/C=C(\O)c2ccc(C#N)cc2)[C@H](O)[C@@H]1O)[C@H](C)O. The first-order valence-electron chi connectivity index (χ1n) is 10.5. The molecule has 0 bridgehead atoms. The number of benzene rings is 1. The molecule has 0 saturated carbocycles. The fourth-order valence-electron chi connectivity index (χ4n) is 3.92. The average molecular weight is 431 g/mol. The van der Waals surface area contributed by atoms with E-state index in [2.05, 4.69) is 0 Å². The Balaban J connectivity index is 1.52. The van der Waals surface area contributed by atoms with Crippen molar-refractivity contribution in [3.05, 3.63) is 41.5 Å². The van der Waals surface area contributed by atoms with Gasteiger partial charge in [0.2, 0.25) is 0 Å². The highest BCUT2D eigenvalue weighted by atomic mass is 16.6. The van der Waals surface area contributed by atoms with E-state index < -0.39 is 30.2 Å². The number of nitrogens with zero attached hydrogens (tertiary/aromatic N) is 1. The zero-order valence-corrected chi connectivity index (χ0v) is 17.6. The number of carbonyl (C=O) groups is 1. The van der Waals surface area contributed by atoms with Crippen molar-refractivity contribution in [1.29, 1.82) is 5.26 Å². The van der Waals surface area contributed by atoms with Crippen molar-refractivity contribution in [2.24, 2.45) is 11.8 Å². The molecular formula is C23H29NO7. The maximum Gasteiger partial charge on any atom is 0.162 e. The van der Waals surface area contributed by atoms with E-state index in [1.54, 1.807) is 6.92 Å². The molecule has 2 aliphatic rings. The first-order valence-corrected chi connectivity index (χ1v) is 10.5. The lowest BCUT2D eigenvalue weighted by Crippen LogP contribution is -2.51. The van der Waals surface area contributed by atoms with Gasteiger partial charge in [-0.3, -0.25) is 4.79 Å². The van der Waals surface area contributed by atoms with E-state index in [1.165, 1.54) is 24.3 Å². The molecule has 0 aliphatic carbocycles. The Kier molecular flexibility index (Phi) is 7.46. The smallest absolute Gasteiger partial charge is 0.162 e. The lowest BCUT2D eigenvalue weighted by atomic mass is 9.85. The van der Waals surface area contributed by atoms with Crippen molar-refractivity contribution in [2.45, 2.75) is 63.3 Å². The maximum absolute atomic E-state index is 12.3. The lowest BCUT2D eigenvalue weighted by molar-refractivity contribution is -0.169. The normalized spacial score (nSPS) is 32.7. The number of rotatable bonds is 8. The van der Waals surface area contributed by atoms with Crippen molar-refractivity contribution in [3.8, 4) is 6.07 Å².